The highest BCUT2D eigenvalue weighted by atomic mass is 19.1. The molecule has 4 rings (SSSR count). The number of halogens is 1. The van der Waals surface area contributed by atoms with Gasteiger partial charge in [0.25, 0.3) is 11.8 Å². The molecule has 1 aliphatic heterocycles. The number of amides is 2. The zero-order valence-corrected chi connectivity index (χ0v) is 16.1. The standard InChI is InChI=1S/C24H19FN2O2/c1-15-11-12-16(2)20(13-15)27-23(28)21(17-7-4-3-5-8-17)22(24(27)29)26-19-10-6-9-18(25)14-19/h3-14,26H,1-2H3. The van der Waals surface area contributed by atoms with Gasteiger partial charge in [-0.1, -0.05) is 48.5 Å². The molecular weight excluding hydrogens is 367 g/mol. The molecule has 2 amide bonds. The lowest BCUT2D eigenvalue weighted by Crippen LogP contribution is -2.33. The minimum atomic E-state index is -0.466. The smallest absolute Gasteiger partial charge is 0.282 e. The van der Waals surface area contributed by atoms with Crippen LogP contribution in [0.4, 0.5) is 15.8 Å². The highest BCUT2D eigenvalue weighted by Gasteiger charge is 2.40. The summed E-state index contributed by atoms with van der Waals surface area (Å²) in [5.41, 5.74) is 3.73. The summed E-state index contributed by atoms with van der Waals surface area (Å²) in [4.78, 5) is 27.9. The summed E-state index contributed by atoms with van der Waals surface area (Å²) >= 11 is 0. The number of anilines is 2. The van der Waals surface area contributed by atoms with Crippen LogP contribution in [0, 0.1) is 19.7 Å². The zero-order chi connectivity index (χ0) is 20.5. The Balaban J connectivity index is 1.85. The monoisotopic (exact) mass is 386 g/mol. The number of rotatable bonds is 4. The molecule has 0 radical (unpaired) electrons. The third kappa shape index (κ3) is 3.43. The van der Waals surface area contributed by atoms with E-state index in [0.29, 0.717) is 16.9 Å². The molecular formula is C24H19FN2O2. The summed E-state index contributed by atoms with van der Waals surface area (Å²) < 4.78 is 13.7. The lowest BCUT2D eigenvalue weighted by Gasteiger charge is -2.18. The molecule has 0 saturated heterocycles. The van der Waals surface area contributed by atoms with Gasteiger partial charge in [-0.15, -0.1) is 0 Å². The molecule has 0 atom stereocenters. The molecule has 0 bridgehead atoms. The number of nitrogens with one attached hydrogen (secondary N) is 1. The number of nitrogens with zero attached hydrogens (tertiary/aromatic N) is 1. The first-order valence-electron chi connectivity index (χ1n) is 9.24. The number of hydrogen-bond acceptors (Lipinski definition) is 3. The Morgan fingerprint density at radius 2 is 1.59 bits per heavy atom. The molecule has 0 unspecified atom stereocenters. The van der Waals surface area contributed by atoms with Crippen molar-refractivity contribution in [2.75, 3.05) is 10.2 Å². The summed E-state index contributed by atoms with van der Waals surface area (Å²) in [5, 5.41) is 2.97. The Bertz CT molecular complexity index is 1150. The molecule has 4 nitrogen and oxygen atoms in total. The second-order valence-electron chi connectivity index (χ2n) is 6.99. The number of hydrogen-bond donors (Lipinski definition) is 1. The van der Waals surface area contributed by atoms with Gasteiger partial charge in [0.15, 0.2) is 0 Å². The predicted octanol–water partition coefficient (Wildman–Crippen LogP) is 4.84. The van der Waals surface area contributed by atoms with E-state index in [1.165, 1.54) is 17.0 Å². The lowest BCUT2D eigenvalue weighted by molar-refractivity contribution is -0.120. The highest BCUT2D eigenvalue weighted by Crippen LogP contribution is 2.35. The van der Waals surface area contributed by atoms with Gasteiger partial charge in [0.05, 0.1) is 11.3 Å². The number of aryl methyl sites for hydroxylation is 2. The first-order chi connectivity index (χ1) is 14.0. The Kier molecular flexibility index (Phi) is 4.72. The molecule has 0 aliphatic carbocycles. The van der Waals surface area contributed by atoms with Crippen LogP contribution in [0.3, 0.4) is 0 Å². The van der Waals surface area contributed by atoms with Crippen LogP contribution in [0.15, 0.2) is 78.5 Å². The zero-order valence-electron chi connectivity index (χ0n) is 16.1. The number of carbonyl (C=O) groups excluding carboxylic acids is 2. The second kappa shape index (κ2) is 7.36. The number of carbonyl (C=O) groups is 2. The normalized spacial score (nSPS) is 14.0. The van der Waals surface area contributed by atoms with Gasteiger partial charge in [-0.2, -0.15) is 0 Å². The van der Waals surface area contributed by atoms with Crippen LogP contribution in [-0.2, 0) is 9.59 Å². The Hall–Kier alpha value is -3.73. The van der Waals surface area contributed by atoms with Gasteiger partial charge < -0.3 is 5.32 Å². The van der Waals surface area contributed by atoms with Gasteiger partial charge >= 0.3 is 0 Å². The molecule has 29 heavy (non-hydrogen) atoms. The molecule has 0 fully saturated rings. The minimum absolute atomic E-state index is 0.132. The molecule has 1 heterocycles. The van der Waals surface area contributed by atoms with E-state index in [9.17, 15) is 14.0 Å². The van der Waals surface area contributed by atoms with Crippen molar-refractivity contribution in [2.24, 2.45) is 0 Å². The maximum Gasteiger partial charge on any atom is 0.282 e. The van der Waals surface area contributed by atoms with E-state index in [1.54, 1.807) is 36.4 Å². The SMILES string of the molecule is Cc1ccc(C)c(N2C(=O)C(Nc3cccc(F)c3)=C(c3ccccc3)C2=O)c1. The molecule has 3 aromatic carbocycles. The van der Waals surface area contributed by atoms with Crippen molar-refractivity contribution < 1.29 is 14.0 Å². The minimum Gasteiger partial charge on any atom is -0.350 e. The van der Waals surface area contributed by atoms with E-state index in [4.69, 9.17) is 0 Å². The predicted molar refractivity (Wildman–Crippen MR) is 112 cm³/mol. The summed E-state index contributed by atoms with van der Waals surface area (Å²) in [6.45, 7) is 3.76. The van der Waals surface area contributed by atoms with Gasteiger partial charge in [-0.25, -0.2) is 9.29 Å². The Morgan fingerprint density at radius 1 is 0.828 bits per heavy atom. The molecule has 1 N–H and O–H groups in total. The van der Waals surface area contributed by atoms with Gasteiger partial charge in [-0.3, -0.25) is 9.59 Å². The van der Waals surface area contributed by atoms with Crippen LogP contribution in [0.25, 0.3) is 5.57 Å². The molecule has 0 aromatic heterocycles. The van der Waals surface area contributed by atoms with Crippen molar-refractivity contribution >= 4 is 28.8 Å². The molecule has 144 valence electrons. The average molecular weight is 386 g/mol. The van der Waals surface area contributed by atoms with Gasteiger partial charge in [0.2, 0.25) is 0 Å². The fourth-order valence-corrected chi connectivity index (χ4v) is 3.41. The maximum absolute atomic E-state index is 13.7. The lowest BCUT2D eigenvalue weighted by atomic mass is 10.0. The first-order valence-corrected chi connectivity index (χ1v) is 9.24. The van der Waals surface area contributed by atoms with E-state index < -0.39 is 17.6 Å². The van der Waals surface area contributed by atoms with Crippen molar-refractivity contribution in [3.05, 3.63) is 101 Å². The van der Waals surface area contributed by atoms with Crippen molar-refractivity contribution in [3.63, 3.8) is 0 Å². The van der Waals surface area contributed by atoms with Crippen LogP contribution < -0.4 is 10.2 Å². The van der Waals surface area contributed by atoms with Crippen LogP contribution >= 0.6 is 0 Å². The van der Waals surface area contributed by atoms with Crippen LogP contribution in [0.5, 0.6) is 0 Å². The Labute approximate surface area is 168 Å². The van der Waals surface area contributed by atoms with Crippen molar-refractivity contribution in [1.82, 2.24) is 0 Å². The third-order valence-corrected chi connectivity index (χ3v) is 4.85. The molecule has 0 saturated carbocycles. The fraction of sp³-hybridized carbons (Fsp3) is 0.0833. The van der Waals surface area contributed by atoms with Gasteiger partial charge in [0.1, 0.15) is 11.5 Å². The fourth-order valence-electron chi connectivity index (χ4n) is 3.41. The van der Waals surface area contributed by atoms with E-state index >= 15 is 0 Å². The molecule has 3 aromatic rings. The first kappa shape index (κ1) is 18.6. The summed E-state index contributed by atoms with van der Waals surface area (Å²) in [7, 11) is 0. The number of imide groups is 1. The molecule has 5 heteroatoms. The van der Waals surface area contributed by atoms with Gasteiger partial charge in [-0.05, 0) is 54.8 Å². The van der Waals surface area contributed by atoms with E-state index in [0.717, 1.165) is 11.1 Å². The van der Waals surface area contributed by atoms with E-state index in [2.05, 4.69) is 5.32 Å². The summed E-state index contributed by atoms with van der Waals surface area (Å²) in [5.74, 6) is -1.30. The summed E-state index contributed by atoms with van der Waals surface area (Å²) in [6.07, 6.45) is 0. The largest absolute Gasteiger partial charge is 0.350 e. The maximum atomic E-state index is 13.7. The highest BCUT2D eigenvalue weighted by molar-refractivity contribution is 6.46. The van der Waals surface area contributed by atoms with Gasteiger partial charge in [0, 0.05) is 5.69 Å². The number of benzene rings is 3. The third-order valence-electron chi connectivity index (χ3n) is 4.85. The topological polar surface area (TPSA) is 49.4 Å². The van der Waals surface area contributed by atoms with Crippen molar-refractivity contribution in [2.45, 2.75) is 13.8 Å². The van der Waals surface area contributed by atoms with Crippen molar-refractivity contribution in [1.29, 1.82) is 0 Å². The van der Waals surface area contributed by atoms with E-state index in [1.807, 2.05) is 38.1 Å². The molecule has 0 spiro atoms. The van der Waals surface area contributed by atoms with E-state index in [-0.39, 0.29) is 11.3 Å². The average Bonchev–Trinajstić information content (AvgIpc) is 2.94. The van der Waals surface area contributed by atoms with Crippen LogP contribution in [-0.4, -0.2) is 11.8 Å². The quantitative estimate of drug-likeness (QED) is 0.653. The summed E-state index contributed by atoms with van der Waals surface area (Å²) in [6, 6.07) is 20.4. The van der Waals surface area contributed by atoms with Crippen LogP contribution in [0.2, 0.25) is 0 Å². The second-order valence-corrected chi connectivity index (χ2v) is 6.99. The molecule has 1 aliphatic rings. The Morgan fingerprint density at radius 3 is 2.31 bits per heavy atom. The van der Waals surface area contributed by atoms with Crippen LogP contribution in [0.1, 0.15) is 16.7 Å². The van der Waals surface area contributed by atoms with Crippen molar-refractivity contribution in [3.8, 4) is 0 Å².